The SMILES string of the molecule is COc1ccc(S(=O)(=O)N(C)C(C)c2nc3ccccc3c(=O)n2-c2ccc(C#N)cc2)cc1. The second kappa shape index (κ2) is 9.09. The third-order valence-electron chi connectivity index (χ3n) is 5.71. The lowest BCUT2D eigenvalue weighted by Crippen LogP contribution is -2.34. The number of sulfonamides is 1. The number of rotatable bonds is 6. The van der Waals surface area contributed by atoms with Crippen LogP contribution in [0.4, 0.5) is 0 Å². The molecule has 8 nitrogen and oxygen atoms in total. The van der Waals surface area contributed by atoms with Crippen LogP contribution in [-0.2, 0) is 10.0 Å². The minimum atomic E-state index is -3.91. The fourth-order valence-corrected chi connectivity index (χ4v) is 4.97. The van der Waals surface area contributed by atoms with Crippen molar-refractivity contribution in [2.75, 3.05) is 14.2 Å². The van der Waals surface area contributed by atoms with Gasteiger partial charge in [0.1, 0.15) is 11.6 Å². The minimum Gasteiger partial charge on any atom is -0.497 e. The van der Waals surface area contributed by atoms with Crippen LogP contribution >= 0.6 is 0 Å². The Morgan fingerprint density at radius 2 is 1.68 bits per heavy atom. The molecule has 34 heavy (non-hydrogen) atoms. The maximum absolute atomic E-state index is 13.5. The van der Waals surface area contributed by atoms with Crippen LogP contribution in [-0.4, -0.2) is 36.4 Å². The highest BCUT2D eigenvalue weighted by Crippen LogP contribution is 2.27. The zero-order valence-electron chi connectivity index (χ0n) is 18.8. The van der Waals surface area contributed by atoms with Gasteiger partial charge >= 0.3 is 0 Å². The zero-order valence-corrected chi connectivity index (χ0v) is 19.7. The summed E-state index contributed by atoms with van der Waals surface area (Å²) >= 11 is 0. The summed E-state index contributed by atoms with van der Waals surface area (Å²) in [7, 11) is -0.949. The number of nitriles is 1. The lowest BCUT2D eigenvalue weighted by Gasteiger charge is -2.26. The van der Waals surface area contributed by atoms with Gasteiger partial charge < -0.3 is 4.74 Å². The van der Waals surface area contributed by atoms with E-state index in [4.69, 9.17) is 10.00 Å². The van der Waals surface area contributed by atoms with E-state index < -0.39 is 16.1 Å². The molecule has 0 saturated carbocycles. The van der Waals surface area contributed by atoms with Crippen LogP contribution in [0.25, 0.3) is 16.6 Å². The third-order valence-corrected chi connectivity index (χ3v) is 7.65. The Morgan fingerprint density at radius 3 is 2.29 bits per heavy atom. The van der Waals surface area contributed by atoms with Crippen LogP contribution in [0.2, 0.25) is 0 Å². The summed E-state index contributed by atoms with van der Waals surface area (Å²) in [6, 6.07) is 20.8. The van der Waals surface area contributed by atoms with Crippen LogP contribution in [0.5, 0.6) is 5.75 Å². The molecule has 0 aliphatic carbocycles. The molecule has 1 aromatic heterocycles. The molecule has 0 saturated heterocycles. The molecule has 172 valence electrons. The first-order valence-electron chi connectivity index (χ1n) is 10.4. The average molecular weight is 475 g/mol. The molecule has 4 rings (SSSR count). The van der Waals surface area contributed by atoms with Crippen molar-refractivity contribution < 1.29 is 13.2 Å². The number of methoxy groups -OCH3 is 1. The number of fused-ring (bicyclic) bond motifs is 1. The van der Waals surface area contributed by atoms with Gasteiger partial charge in [-0.1, -0.05) is 12.1 Å². The molecule has 0 bridgehead atoms. The van der Waals surface area contributed by atoms with Crippen molar-refractivity contribution in [1.82, 2.24) is 13.9 Å². The second-order valence-electron chi connectivity index (χ2n) is 7.66. The van der Waals surface area contributed by atoms with Gasteiger partial charge in [-0.2, -0.15) is 9.57 Å². The summed E-state index contributed by atoms with van der Waals surface area (Å²) in [5.41, 5.74) is 1.07. The topological polar surface area (TPSA) is 105 Å². The highest BCUT2D eigenvalue weighted by molar-refractivity contribution is 7.89. The maximum atomic E-state index is 13.5. The smallest absolute Gasteiger partial charge is 0.266 e. The zero-order chi connectivity index (χ0) is 24.5. The summed E-state index contributed by atoms with van der Waals surface area (Å²) in [6.45, 7) is 1.68. The van der Waals surface area contributed by atoms with E-state index in [9.17, 15) is 13.2 Å². The fourth-order valence-electron chi connectivity index (χ4n) is 3.65. The van der Waals surface area contributed by atoms with Crippen LogP contribution in [0.1, 0.15) is 24.4 Å². The molecule has 1 atom stereocenters. The maximum Gasteiger partial charge on any atom is 0.266 e. The summed E-state index contributed by atoms with van der Waals surface area (Å²) < 4.78 is 34.4. The lowest BCUT2D eigenvalue weighted by atomic mass is 10.2. The van der Waals surface area contributed by atoms with Gasteiger partial charge in [0.2, 0.25) is 10.0 Å². The van der Waals surface area contributed by atoms with Gasteiger partial charge in [-0.05, 0) is 67.6 Å². The van der Waals surface area contributed by atoms with E-state index in [-0.39, 0.29) is 16.3 Å². The number of benzene rings is 3. The van der Waals surface area contributed by atoms with E-state index in [1.807, 2.05) is 0 Å². The van der Waals surface area contributed by atoms with Gasteiger partial charge in [-0.15, -0.1) is 0 Å². The van der Waals surface area contributed by atoms with Gasteiger partial charge in [0, 0.05) is 7.05 Å². The third kappa shape index (κ3) is 4.05. The van der Waals surface area contributed by atoms with Crippen LogP contribution in [0.15, 0.2) is 82.5 Å². The number of nitrogens with zero attached hydrogens (tertiary/aromatic N) is 4. The Kier molecular flexibility index (Phi) is 6.20. The van der Waals surface area contributed by atoms with Crippen LogP contribution in [0, 0.1) is 11.3 Å². The van der Waals surface area contributed by atoms with Crippen molar-refractivity contribution >= 4 is 20.9 Å². The number of para-hydroxylation sites is 1. The summed E-state index contributed by atoms with van der Waals surface area (Å²) in [6.07, 6.45) is 0. The lowest BCUT2D eigenvalue weighted by molar-refractivity contribution is 0.379. The summed E-state index contributed by atoms with van der Waals surface area (Å²) in [5.74, 6) is 0.800. The monoisotopic (exact) mass is 474 g/mol. The van der Waals surface area contributed by atoms with E-state index in [1.165, 1.54) is 35.2 Å². The van der Waals surface area contributed by atoms with Gasteiger partial charge in [0.05, 0.1) is 46.3 Å². The molecule has 0 aliphatic heterocycles. The molecular weight excluding hydrogens is 452 g/mol. The fraction of sp³-hybridized carbons (Fsp3) is 0.160. The second-order valence-corrected chi connectivity index (χ2v) is 9.66. The molecule has 0 N–H and O–H groups in total. The average Bonchev–Trinajstić information content (AvgIpc) is 2.88. The predicted octanol–water partition coefficient (Wildman–Crippen LogP) is 3.65. The van der Waals surface area contributed by atoms with Crippen LogP contribution < -0.4 is 10.3 Å². The van der Waals surface area contributed by atoms with Crippen molar-refractivity contribution in [1.29, 1.82) is 5.26 Å². The van der Waals surface area contributed by atoms with Crippen molar-refractivity contribution in [2.24, 2.45) is 0 Å². The van der Waals surface area contributed by atoms with Crippen molar-refractivity contribution in [2.45, 2.75) is 17.9 Å². The van der Waals surface area contributed by atoms with Gasteiger partial charge in [-0.3, -0.25) is 9.36 Å². The number of ether oxygens (including phenoxy) is 1. The number of hydrogen-bond donors (Lipinski definition) is 0. The molecule has 1 unspecified atom stereocenters. The van der Waals surface area contributed by atoms with Crippen molar-refractivity contribution in [3.05, 3.63) is 94.5 Å². The minimum absolute atomic E-state index is 0.0932. The highest BCUT2D eigenvalue weighted by atomic mass is 32.2. The molecule has 3 aromatic carbocycles. The normalized spacial score (nSPS) is 12.4. The summed E-state index contributed by atoms with van der Waals surface area (Å²) in [4.78, 5) is 18.3. The molecule has 4 aromatic rings. The Balaban J connectivity index is 1.88. The van der Waals surface area contributed by atoms with E-state index in [1.54, 1.807) is 67.6 Å². The Morgan fingerprint density at radius 1 is 1.03 bits per heavy atom. The molecular formula is C25H22N4O4S. The standard InChI is InChI=1S/C25H22N4O4S/c1-17(28(2)34(31,32)21-14-12-20(33-3)13-15-21)24-27-23-7-5-4-6-22(23)25(30)29(24)19-10-8-18(16-26)9-11-19/h4-15,17H,1-3H3. The molecule has 0 radical (unpaired) electrons. The molecule has 0 fully saturated rings. The molecule has 1 heterocycles. The Hall–Kier alpha value is -4.00. The van der Waals surface area contributed by atoms with E-state index in [2.05, 4.69) is 11.1 Å². The van der Waals surface area contributed by atoms with E-state index in [0.29, 0.717) is 27.9 Å². The van der Waals surface area contributed by atoms with E-state index >= 15 is 0 Å². The highest BCUT2D eigenvalue weighted by Gasteiger charge is 2.30. The molecule has 9 heteroatoms. The number of aromatic nitrogens is 2. The predicted molar refractivity (Wildman–Crippen MR) is 128 cm³/mol. The van der Waals surface area contributed by atoms with Gasteiger partial charge in [0.15, 0.2) is 0 Å². The number of hydrogen-bond acceptors (Lipinski definition) is 6. The molecule has 0 spiro atoms. The Labute approximate surface area is 197 Å². The molecule has 0 aliphatic rings. The summed E-state index contributed by atoms with van der Waals surface area (Å²) in [5, 5.41) is 9.54. The first-order valence-corrected chi connectivity index (χ1v) is 11.9. The van der Waals surface area contributed by atoms with Crippen molar-refractivity contribution in [3.8, 4) is 17.5 Å². The molecule has 0 amide bonds. The van der Waals surface area contributed by atoms with Crippen LogP contribution in [0.3, 0.4) is 0 Å². The largest absolute Gasteiger partial charge is 0.497 e. The van der Waals surface area contributed by atoms with Gasteiger partial charge in [-0.25, -0.2) is 13.4 Å². The first kappa shape index (κ1) is 23.2. The van der Waals surface area contributed by atoms with E-state index in [0.717, 1.165) is 0 Å². The first-order chi connectivity index (χ1) is 16.3. The Bertz CT molecular complexity index is 1550. The van der Waals surface area contributed by atoms with Crippen molar-refractivity contribution in [3.63, 3.8) is 0 Å². The quantitative estimate of drug-likeness (QED) is 0.422. The van der Waals surface area contributed by atoms with Gasteiger partial charge in [0.25, 0.3) is 5.56 Å².